The summed E-state index contributed by atoms with van der Waals surface area (Å²) in [5, 5.41) is 17.0. The first-order chi connectivity index (χ1) is 13.4. The van der Waals surface area contributed by atoms with E-state index in [9.17, 15) is 19.7 Å². The number of nitrogens with zero attached hydrogens (tertiary/aromatic N) is 1. The Morgan fingerprint density at radius 1 is 1.18 bits per heavy atom. The second-order valence-corrected chi connectivity index (χ2v) is 5.97. The summed E-state index contributed by atoms with van der Waals surface area (Å²) in [6.45, 7) is 0.197. The molecule has 0 unspecified atom stereocenters. The molecule has 0 aliphatic carbocycles. The van der Waals surface area contributed by atoms with Crippen molar-refractivity contribution < 1.29 is 24.0 Å². The lowest BCUT2D eigenvalue weighted by Crippen LogP contribution is -2.21. The van der Waals surface area contributed by atoms with Crippen LogP contribution in [-0.4, -0.2) is 43.7 Å². The molecule has 1 amide bonds. The number of nitro benzene ring substituents is 1. The second-order valence-electron chi connectivity index (χ2n) is 5.54. The van der Waals surface area contributed by atoms with Crippen molar-refractivity contribution in [2.75, 3.05) is 37.5 Å². The Morgan fingerprint density at radius 3 is 2.54 bits per heavy atom. The van der Waals surface area contributed by atoms with Crippen LogP contribution in [0.4, 0.5) is 17.1 Å². The van der Waals surface area contributed by atoms with Gasteiger partial charge in [-0.25, -0.2) is 4.79 Å². The van der Waals surface area contributed by atoms with Crippen molar-refractivity contribution in [1.29, 1.82) is 0 Å². The Kier molecular flexibility index (Phi) is 7.73. The number of hydrogen-bond donors (Lipinski definition) is 2. The molecule has 0 fully saturated rings. The van der Waals surface area contributed by atoms with Crippen molar-refractivity contribution >= 4 is 40.5 Å². The van der Waals surface area contributed by atoms with Crippen molar-refractivity contribution in [3.05, 3.63) is 63.2 Å². The molecule has 28 heavy (non-hydrogen) atoms. The van der Waals surface area contributed by atoms with E-state index < -0.39 is 23.4 Å². The number of carbonyl (C=O) groups excluding carboxylic acids is 2. The molecule has 0 bridgehead atoms. The van der Waals surface area contributed by atoms with E-state index in [-0.39, 0.29) is 11.3 Å². The number of anilines is 2. The minimum absolute atomic E-state index is 0.0513. The van der Waals surface area contributed by atoms with Crippen molar-refractivity contribution in [2.24, 2.45) is 0 Å². The third-order valence-corrected chi connectivity index (χ3v) is 3.77. The molecule has 0 heterocycles. The number of non-ortho nitro benzene ring substituents is 1. The van der Waals surface area contributed by atoms with Crippen LogP contribution in [0.15, 0.2) is 42.5 Å². The minimum atomic E-state index is -0.866. The Morgan fingerprint density at radius 2 is 1.89 bits per heavy atom. The number of nitro groups is 1. The Balaban J connectivity index is 2.04. The van der Waals surface area contributed by atoms with Crippen molar-refractivity contribution in [1.82, 2.24) is 0 Å². The first kappa shape index (κ1) is 21.1. The topological polar surface area (TPSA) is 120 Å². The van der Waals surface area contributed by atoms with Gasteiger partial charge in [-0.05, 0) is 30.3 Å². The third kappa shape index (κ3) is 6.22. The van der Waals surface area contributed by atoms with Crippen LogP contribution in [-0.2, 0) is 14.3 Å². The van der Waals surface area contributed by atoms with Crippen LogP contribution in [0.2, 0.25) is 5.02 Å². The van der Waals surface area contributed by atoms with Gasteiger partial charge in [0, 0.05) is 42.2 Å². The molecule has 0 aliphatic rings. The van der Waals surface area contributed by atoms with Crippen LogP contribution in [0.25, 0.3) is 0 Å². The number of halogens is 1. The number of esters is 1. The summed E-state index contributed by atoms with van der Waals surface area (Å²) < 4.78 is 9.92. The monoisotopic (exact) mass is 407 g/mol. The number of benzene rings is 2. The van der Waals surface area contributed by atoms with Gasteiger partial charge >= 0.3 is 5.97 Å². The molecule has 0 saturated carbocycles. The molecule has 2 aromatic carbocycles. The van der Waals surface area contributed by atoms with E-state index in [0.29, 0.717) is 29.5 Å². The summed E-state index contributed by atoms with van der Waals surface area (Å²) in [7, 11) is 1.52. The zero-order valence-electron chi connectivity index (χ0n) is 14.9. The number of nitrogens with one attached hydrogen (secondary N) is 2. The lowest BCUT2D eigenvalue weighted by Gasteiger charge is -2.12. The predicted molar refractivity (Wildman–Crippen MR) is 104 cm³/mol. The average molecular weight is 408 g/mol. The van der Waals surface area contributed by atoms with Crippen LogP contribution in [0.1, 0.15) is 10.4 Å². The van der Waals surface area contributed by atoms with Crippen molar-refractivity contribution in [2.45, 2.75) is 0 Å². The lowest BCUT2D eigenvalue weighted by molar-refractivity contribution is -0.384. The Bertz CT molecular complexity index is 857. The highest BCUT2D eigenvalue weighted by Crippen LogP contribution is 2.23. The van der Waals surface area contributed by atoms with E-state index in [0.717, 1.165) is 6.07 Å². The van der Waals surface area contributed by atoms with Crippen LogP contribution in [0, 0.1) is 10.1 Å². The summed E-state index contributed by atoms with van der Waals surface area (Å²) in [6.07, 6.45) is 0. The molecule has 0 aliphatic heterocycles. The summed E-state index contributed by atoms with van der Waals surface area (Å²) in [5.74, 6) is -1.43. The molecule has 0 saturated heterocycles. The van der Waals surface area contributed by atoms with Gasteiger partial charge in [-0.1, -0.05) is 11.6 Å². The summed E-state index contributed by atoms with van der Waals surface area (Å²) in [4.78, 5) is 34.7. The molecule has 0 spiro atoms. The highest BCUT2D eigenvalue weighted by atomic mass is 35.5. The molecule has 0 atom stereocenters. The maximum absolute atomic E-state index is 12.4. The van der Waals surface area contributed by atoms with E-state index in [1.807, 2.05) is 0 Å². The quantitative estimate of drug-likeness (QED) is 0.283. The fraction of sp³-hybridized carbons (Fsp3) is 0.222. The standard InChI is InChI=1S/C18H18ClN3O6/c1-27-9-8-20-16-7-6-14(22(25)26)10-15(16)18(24)28-11-17(23)21-13-4-2-12(19)3-5-13/h2-7,10,20H,8-9,11H2,1H3,(H,21,23). The molecular weight excluding hydrogens is 390 g/mol. The number of methoxy groups -OCH3 is 1. The van der Waals surface area contributed by atoms with E-state index in [1.165, 1.54) is 19.2 Å². The molecule has 0 radical (unpaired) electrons. The number of rotatable bonds is 9. The third-order valence-electron chi connectivity index (χ3n) is 3.52. The van der Waals surface area contributed by atoms with Gasteiger partial charge in [0.05, 0.1) is 17.1 Å². The molecule has 9 nitrogen and oxygen atoms in total. The maximum Gasteiger partial charge on any atom is 0.341 e. The highest BCUT2D eigenvalue weighted by molar-refractivity contribution is 6.30. The van der Waals surface area contributed by atoms with Gasteiger partial charge in [-0.3, -0.25) is 14.9 Å². The maximum atomic E-state index is 12.4. The zero-order valence-corrected chi connectivity index (χ0v) is 15.7. The number of hydrogen-bond acceptors (Lipinski definition) is 7. The van der Waals surface area contributed by atoms with Crippen LogP contribution in [0.5, 0.6) is 0 Å². The first-order valence-electron chi connectivity index (χ1n) is 8.14. The van der Waals surface area contributed by atoms with Crippen molar-refractivity contribution in [3.63, 3.8) is 0 Å². The highest BCUT2D eigenvalue weighted by Gasteiger charge is 2.19. The summed E-state index contributed by atoms with van der Waals surface area (Å²) in [5.41, 5.74) is 0.507. The molecule has 148 valence electrons. The van der Waals surface area contributed by atoms with Crippen LogP contribution >= 0.6 is 11.6 Å². The fourth-order valence-corrected chi connectivity index (χ4v) is 2.32. The summed E-state index contributed by atoms with van der Waals surface area (Å²) >= 11 is 5.77. The largest absolute Gasteiger partial charge is 0.452 e. The number of carbonyl (C=O) groups is 2. The first-order valence-corrected chi connectivity index (χ1v) is 8.52. The molecular formula is C18H18ClN3O6. The van der Waals surface area contributed by atoms with Gasteiger partial charge in [0.2, 0.25) is 0 Å². The SMILES string of the molecule is COCCNc1ccc([N+](=O)[O-])cc1C(=O)OCC(=O)Nc1ccc(Cl)cc1. The smallest absolute Gasteiger partial charge is 0.341 e. The van der Waals surface area contributed by atoms with Gasteiger partial charge in [0.15, 0.2) is 6.61 Å². The van der Waals surface area contributed by atoms with Gasteiger partial charge in [0.1, 0.15) is 0 Å². The van der Waals surface area contributed by atoms with Crippen molar-refractivity contribution in [3.8, 4) is 0 Å². The number of amides is 1. The van der Waals surface area contributed by atoms with Crippen LogP contribution in [0.3, 0.4) is 0 Å². The number of ether oxygens (including phenoxy) is 2. The van der Waals surface area contributed by atoms with E-state index >= 15 is 0 Å². The van der Waals surface area contributed by atoms with Gasteiger partial charge in [0.25, 0.3) is 11.6 Å². The normalized spacial score (nSPS) is 10.2. The second kappa shape index (κ2) is 10.2. The summed E-state index contributed by atoms with van der Waals surface area (Å²) in [6, 6.07) is 10.2. The van der Waals surface area contributed by atoms with E-state index in [1.54, 1.807) is 24.3 Å². The molecule has 0 aromatic heterocycles. The molecule has 10 heteroatoms. The van der Waals surface area contributed by atoms with E-state index in [4.69, 9.17) is 21.1 Å². The minimum Gasteiger partial charge on any atom is -0.452 e. The van der Waals surface area contributed by atoms with Gasteiger partial charge < -0.3 is 20.1 Å². The predicted octanol–water partition coefficient (Wildman–Crippen LogP) is 3.10. The zero-order chi connectivity index (χ0) is 20.5. The molecule has 2 rings (SSSR count). The van der Waals surface area contributed by atoms with Crippen LogP contribution < -0.4 is 10.6 Å². The van der Waals surface area contributed by atoms with Gasteiger partial charge in [-0.15, -0.1) is 0 Å². The fourth-order valence-electron chi connectivity index (χ4n) is 2.20. The average Bonchev–Trinajstić information content (AvgIpc) is 2.68. The molecule has 2 aromatic rings. The molecule has 2 N–H and O–H groups in total. The Hall–Kier alpha value is -3.17. The lowest BCUT2D eigenvalue weighted by atomic mass is 10.1. The van der Waals surface area contributed by atoms with E-state index in [2.05, 4.69) is 10.6 Å². The Labute approximate surface area is 165 Å². The van der Waals surface area contributed by atoms with Gasteiger partial charge in [-0.2, -0.15) is 0 Å².